The van der Waals surface area contributed by atoms with Gasteiger partial charge in [-0.3, -0.25) is 4.90 Å². The molecule has 3 rings (SSSR count). The number of nitrogens with zero attached hydrogens (tertiary/aromatic N) is 2. The number of carboxylic acids is 1. The highest BCUT2D eigenvalue weighted by Crippen LogP contribution is 2.30. The third-order valence-corrected chi connectivity index (χ3v) is 5.66. The number of carboxylic acid groups (broad SMARTS) is 1. The molecule has 0 amide bonds. The number of hydrogen-bond acceptors (Lipinski definition) is 7. The van der Waals surface area contributed by atoms with Crippen LogP contribution in [0.2, 0.25) is 0 Å². The molecular formula is C24H32N2O6. The molecule has 0 saturated carbocycles. The van der Waals surface area contributed by atoms with Gasteiger partial charge >= 0.3 is 5.97 Å². The molecular weight excluding hydrogens is 412 g/mol. The van der Waals surface area contributed by atoms with Crippen molar-refractivity contribution in [3.05, 3.63) is 59.7 Å². The monoisotopic (exact) mass is 444 g/mol. The molecule has 0 spiro atoms. The second-order valence-electron chi connectivity index (χ2n) is 7.85. The van der Waals surface area contributed by atoms with Crippen LogP contribution >= 0.6 is 0 Å². The van der Waals surface area contributed by atoms with Crippen molar-refractivity contribution in [2.45, 2.75) is 18.6 Å². The van der Waals surface area contributed by atoms with Crippen LogP contribution in [0, 0.1) is 0 Å². The second-order valence-corrected chi connectivity index (χ2v) is 7.85. The average molecular weight is 445 g/mol. The number of methoxy groups -OCH3 is 2. The predicted octanol–water partition coefficient (Wildman–Crippen LogP) is 3.24. The highest BCUT2D eigenvalue weighted by atomic mass is 16.7. The first-order valence-electron chi connectivity index (χ1n) is 10.6. The third kappa shape index (κ3) is 6.43. The molecule has 2 aromatic carbocycles. The van der Waals surface area contributed by atoms with Crippen LogP contribution in [0.3, 0.4) is 0 Å². The molecule has 2 aromatic rings. The number of anilines is 1. The number of ether oxygens (including phenoxy) is 4. The highest BCUT2D eigenvalue weighted by molar-refractivity contribution is 5.88. The molecule has 8 heteroatoms. The van der Waals surface area contributed by atoms with Crippen LogP contribution in [0.5, 0.6) is 5.75 Å². The molecule has 0 aromatic heterocycles. The molecule has 0 radical (unpaired) electrons. The summed E-state index contributed by atoms with van der Waals surface area (Å²) in [7, 11) is 5.25. The van der Waals surface area contributed by atoms with Gasteiger partial charge in [0.15, 0.2) is 6.79 Å². The first-order valence-corrected chi connectivity index (χ1v) is 10.6. The van der Waals surface area contributed by atoms with E-state index in [0.29, 0.717) is 6.79 Å². The summed E-state index contributed by atoms with van der Waals surface area (Å²) in [5.41, 5.74) is 2.31. The van der Waals surface area contributed by atoms with Gasteiger partial charge in [0.25, 0.3) is 0 Å². The largest absolute Gasteiger partial charge is 0.478 e. The minimum Gasteiger partial charge on any atom is -0.478 e. The summed E-state index contributed by atoms with van der Waals surface area (Å²) < 4.78 is 21.5. The Kier molecular flexibility index (Phi) is 8.87. The van der Waals surface area contributed by atoms with Crippen LogP contribution < -0.4 is 9.64 Å². The Morgan fingerprint density at radius 3 is 2.59 bits per heavy atom. The van der Waals surface area contributed by atoms with Crippen LogP contribution in [-0.2, 0) is 14.2 Å². The first-order chi connectivity index (χ1) is 15.5. The Morgan fingerprint density at radius 1 is 1.16 bits per heavy atom. The van der Waals surface area contributed by atoms with E-state index in [0.717, 1.165) is 43.1 Å². The lowest BCUT2D eigenvalue weighted by atomic mass is 10.0. The van der Waals surface area contributed by atoms with Crippen molar-refractivity contribution in [3.63, 3.8) is 0 Å². The van der Waals surface area contributed by atoms with Crippen molar-refractivity contribution in [1.82, 2.24) is 4.90 Å². The lowest BCUT2D eigenvalue weighted by molar-refractivity contribution is -0.0671. The zero-order valence-corrected chi connectivity index (χ0v) is 18.9. The fraction of sp³-hybridized carbons (Fsp3) is 0.458. The number of rotatable bonds is 12. The molecule has 0 bridgehead atoms. The predicted molar refractivity (Wildman–Crippen MR) is 121 cm³/mol. The molecule has 2 atom stereocenters. The lowest BCUT2D eigenvalue weighted by Gasteiger charge is -2.34. The van der Waals surface area contributed by atoms with Crippen LogP contribution in [0.25, 0.3) is 0 Å². The zero-order chi connectivity index (χ0) is 22.9. The summed E-state index contributed by atoms with van der Waals surface area (Å²) in [6.07, 6.45) is 1.12. The van der Waals surface area contributed by atoms with Crippen LogP contribution in [0.15, 0.2) is 48.5 Å². The number of carbonyl (C=O) groups is 1. The van der Waals surface area contributed by atoms with Crippen LogP contribution in [-0.4, -0.2) is 76.6 Å². The van der Waals surface area contributed by atoms with Gasteiger partial charge < -0.3 is 29.0 Å². The maximum Gasteiger partial charge on any atom is 0.335 e. The minimum atomic E-state index is -0.932. The standard InChI is InChI=1S/C24H32N2O6/c1-25(20-9-7-18(8-10-20)24(27)28)23(15-26-12-11-22(14-26)32-17-30-3)19-5-4-6-21(13-19)31-16-29-2/h4-10,13,22-23H,11-12,14-17H2,1-3H3,(H,27,28)/t22-,23+/m0/s1. The smallest absolute Gasteiger partial charge is 0.335 e. The number of likely N-dealkylation sites (N-methyl/N-ethyl adjacent to an activating group) is 1. The molecule has 174 valence electrons. The number of benzene rings is 2. The van der Waals surface area contributed by atoms with Gasteiger partial charge in [-0.15, -0.1) is 0 Å². The Bertz CT molecular complexity index is 860. The fourth-order valence-electron chi connectivity index (χ4n) is 3.92. The highest BCUT2D eigenvalue weighted by Gasteiger charge is 2.28. The summed E-state index contributed by atoms with van der Waals surface area (Å²) in [6, 6.07) is 15.0. The van der Waals surface area contributed by atoms with E-state index in [1.807, 2.05) is 37.4 Å². The van der Waals surface area contributed by atoms with E-state index in [2.05, 4.69) is 15.9 Å². The molecule has 1 fully saturated rings. The Hall–Kier alpha value is -2.65. The van der Waals surface area contributed by atoms with Gasteiger partial charge in [-0.1, -0.05) is 12.1 Å². The van der Waals surface area contributed by atoms with E-state index in [-0.39, 0.29) is 24.5 Å². The van der Waals surface area contributed by atoms with Crippen molar-refractivity contribution >= 4 is 11.7 Å². The Labute approximate surface area is 189 Å². The molecule has 1 aliphatic rings. The quantitative estimate of drug-likeness (QED) is 0.500. The van der Waals surface area contributed by atoms with Crippen molar-refractivity contribution in [3.8, 4) is 5.75 Å². The van der Waals surface area contributed by atoms with Crippen molar-refractivity contribution < 1.29 is 28.8 Å². The number of hydrogen-bond donors (Lipinski definition) is 1. The molecule has 1 saturated heterocycles. The van der Waals surface area contributed by atoms with E-state index in [4.69, 9.17) is 18.9 Å². The number of likely N-dealkylation sites (tertiary alicyclic amines) is 1. The van der Waals surface area contributed by atoms with Gasteiger partial charge in [0.05, 0.1) is 17.7 Å². The topological polar surface area (TPSA) is 80.7 Å². The van der Waals surface area contributed by atoms with Gasteiger partial charge in [0.1, 0.15) is 12.5 Å². The summed E-state index contributed by atoms with van der Waals surface area (Å²) in [6.45, 7) is 3.06. The Balaban J connectivity index is 1.81. The maximum atomic E-state index is 11.2. The van der Waals surface area contributed by atoms with Crippen LogP contribution in [0.4, 0.5) is 5.69 Å². The van der Waals surface area contributed by atoms with E-state index < -0.39 is 5.97 Å². The van der Waals surface area contributed by atoms with Gasteiger partial charge in [0, 0.05) is 46.6 Å². The molecule has 0 aliphatic carbocycles. The molecule has 8 nitrogen and oxygen atoms in total. The summed E-state index contributed by atoms with van der Waals surface area (Å²) in [5.74, 6) is -0.190. The average Bonchev–Trinajstić information content (AvgIpc) is 3.27. The van der Waals surface area contributed by atoms with Crippen molar-refractivity contribution in [1.29, 1.82) is 0 Å². The molecule has 1 aliphatic heterocycles. The Morgan fingerprint density at radius 2 is 1.91 bits per heavy atom. The van der Waals surface area contributed by atoms with Crippen molar-refractivity contribution in [2.75, 3.05) is 59.4 Å². The summed E-state index contributed by atoms with van der Waals surface area (Å²) >= 11 is 0. The van der Waals surface area contributed by atoms with E-state index in [1.54, 1.807) is 26.4 Å². The summed E-state index contributed by atoms with van der Waals surface area (Å²) in [4.78, 5) is 15.8. The van der Waals surface area contributed by atoms with E-state index in [9.17, 15) is 9.90 Å². The van der Waals surface area contributed by atoms with E-state index in [1.165, 1.54) is 0 Å². The van der Waals surface area contributed by atoms with Crippen molar-refractivity contribution in [2.24, 2.45) is 0 Å². The zero-order valence-electron chi connectivity index (χ0n) is 18.9. The molecule has 0 unspecified atom stereocenters. The third-order valence-electron chi connectivity index (χ3n) is 5.66. The normalized spacial score (nSPS) is 17.3. The fourth-order valence-corrected chi connectivity index (χ4v) is 3.92. The van der Waals surface area contributed by atoms with Crippen LogP contribution in [0.1, 0.15) is 28.4 Å². The van der Waals surface area contributed by atoms with Gasteiger partial charge in [0.2, 0.25) is 0 Å². The van der Waals surface area contributed by atoms with E-state index >= 15 is 0 Å². The molecule has 1 heterocycles. The summed E-state index contributed by atoms with van der Waals surface area (Å²) in [5, 5.41) is 9.21. The van der Waals surface area contributed by atoms with Gasteiger partial charge in [-0.25, -0.2) is 4.79 Å². The second kappa shape index (κ2) is 11.8. The molecule has 32 heavy (non-hydrogen) atoms. The lowest BCUT2D eigenvalue weighted by Crippen LogP contribution is -2.36. The molecule has 1 N–H and O–H groups in total. The SMILES string of the molecule is COCOc1cccc([C@@H](CN2CC[C@H](OCOC)C2)N(C)c2ccc(C(=O)O)cc2)c1. The first kappa shape index (κ1) is 24.0. The van der Waals surface area contributed by atoms with Gasteiger partial charge in [-0.2, -0.15) is 0 Å². The van der Waals surface area contributed by atoms with Gasteiger partial charge in [-0.05, 0) is 48.4 Å². The minimum absolute atomic E-state index is 0.0259. The maximum absolute atomic E-state index is 11.2. The number of aromatic carboxylic acids is 1.